The Bertz CT molecular complexity index is 915. The van der Waals surface area contributed by atoms with Crippen molar-refractivity contribution < 1.29 is 37.3 Å². The van der Waals surface area contributed by atoms with E-state index in [-0.39, 0.29) is 25.8 Å². The Hall–Kier alpha value is -1.28. The summed E-state index contributed by atoms with van der Waals surface area (Å²) in [6.45, 7) is 5.30. The minimum Gasteiger partial charge on any atom is -0.756 e. The molecule has 9 heteroatoms. The lowest BCUT2D eigenvalue weighted by Gasteiger charge is -2.28. The van der Waals surface area contributed by atoms with Crippen LogP contribution in [-0.2, 0) is 27.9 Å². The van der Waals surface area contributed by atoms with Crippen LogP contribution >= 0.6 is 7.82 Å². The van der Waals surface area contributed by atoms with Crippen LogP contribution < -0.4 is 4.89 Å². The number of carbonyl (C=O) groups excluding carboxylic acids is 1. The predicted octanol–water partition coefficient (Wildman–Crippen LogP) is 11.2. The van der Waals surface area contributed by atoms with Crippen molar-refractivity contribution in [3.63, 3.8) is 0 Å². The van der Waals surface area contributed by atoms with Gasteiger partial charge in [-0.1, -0.05) is 134 Å². The minimum atomic E-state index is -4.52. The van der Waals surface area contributed by atoms with Crippen LogP contribution in [0.3, 0.4) is 0 Å². The summed E-state index contributed by atoms with van der Waals surface area (Å²) in [6, 6.07) is 0. The average molecular weight is 742 g/mol. The summed E-state index contributed by atoms with van der Waals surface area (Å²) in [5.74, 6) is -0.349. The first-order valence-electron chi connectivity index (χ1n) is 20.7. The molecule has 0 bridgehead atoms. The van der Waals surface area contributed by atoms with Gasteiger partial charge >= 0.3 is 5.97 Å². The van der Waals surface area contributed by atoms with Crippen molar-refractivity contribution in [3.8, 4) is 0 Å². The summed E-state index contributed by atoms with van der Waals surface area (Å²) in [5.41, 5.74) is 0. The minimum absolute atomic E-state index is 0.0228. The van der Waals surface area contributed by atoms with Crippen LogP contribution in [0.4, 0.5) is 0 Å². The van der Waals surface area contributed by atoms with Gasteiger partial charge in [-0.25, -0.2) is 0 Å². The predicted molar refractivity (Wildman–Crippen MR) is 213 cm³/mol. The quantitative estimate of drug-likeness (QED) is 0.0204. The lowest BCUT2D eigenvalue weighted by Crippen LogP contribution is -2.37. The smallest absolute Gasteiger partial charge is 0.306 e. The molecule has 0 aliphatic carbocycles. The molecule has 0 saturated carbocycles. The number of hydrogen-bond acceptors (Lipinski definition) is 7. The molecule has 0 heterocycles. The highest BCUT2D eigenvalue weighted by Crippen LogP contribution is 2.38. The van der Waals surface area contributed by atoms with E-state index in [1.807, 2.05) is 21.1 Å². The van der Waals surface area contributed by atoms with E-state index in [2.05, 4.69) is 50.3 Å². The van der Waals surface area contributed by atoms with Gasteiger partial charge < -0.3 is 27.9 Å². The Balaban J connectivity index is 4.21. The average Bonchev–Trinajstić information content (AvgIpc) is 3.08. The van der Waals surface area contributed by atoms with Gasteiger partial charge in [0, 0.05) is 13.0 Å². The van der Waals surface area contributed by atoms with Gasteiger partial charge in [0.05, 0.1) is 34.4 Å². The molecule has 2 unspecified atom stereocenters. The number of phosphoric acid groups is 1. The van der Waals surface area contributed by atoms with E-state index in [0.717, 1.165) is 57.8 Å². The van der Waals surface area contributed by atoms with Gasteiger partial charge in [0.1, 0.15) is 19.3 Å². The molecule has 0 radical (unpaired) electrons. The van der Waals surface area contributed by atoms with E-state index in [1.54, 1.807) is 0 Å². The molecular formula is C42H80NO7P. The largest absolute Gasteiger partial charge is 0.756 e. The SMILES string of the molecule is CCC/C=C\CCCCCCCC(=O)OC(COCCCCCCCCCC/C=C\C/C=C\CCCCCC)COP(=O)([O-])OCC[N+](C)(C)C. The zero-order valence-electron chi connectivity index (χ0n) is 33.8. The van der Waals surface area contributed by atoms with E-state index in [9.17, 15) is 14.3 Å². The van der Waals surface area contributed by atoms with Crippen molar-refractivity contribution in [2.45, 2.75) is 174 Å². The number of unbranched alkanes of at least 4 members (excludes halogenated alkanes) is 18. The van der Waals surface area contributed by atoms with Crippen LogP contribution in [-0.4, -0.2) is 70.7 Å². The number of allylic oxidation sites excluding steroid dienone is 6. The molecule has 0 N–H and O–H groups in total. The van der Waals surface area contributed by atoms with Crippen LogP contribution in [0.1, 0.15) is 168 Å². The fraction of sp³-hybridized carbons (Fsp3) is 0.833. The van der Waals surface area contributed by atoms with Crippen LogP contribution in [0, 0.1) is 0 Å². The zero-order valence-corrected chi connectivity index (χ0v) is 34.7. The fourth-order valence-corrected chi connectivity index (χ4v) is 6.13. The van der Waals surface area contributed by atoms with E-state index < -0.39 is 13.9 Å². The third kappa shape index (κ3) is 39.8. The summed E-state index contributed by atoms with van der Waals surface area (Å²) < 4.78 is 34.5. The van der Waals surface area contributed by atoms with Gasteiger partial charge in [-0.05, 0) is 64.2 Å². The van der Waals surface area contributed by atoms with E-state index >= 15 is 0 Å². The molecule has 2 atom stereocenters. The van der Waals surface area contributed by atoms with Gasteiger partial charge in [0.15, 0.2) is 0 Å². The van der Waals surface area contributed by atoms with E-state index in [4.69, 9.17) is 18.5 Å². The van der Waals surface area contributed by atoms with Crippen molar-refractivity contribution in [2.75, 3.05) is 54.1 Å². The number of rotatable bonds is 38. The molecule has 0 aromatic heterocycles. The molecule has 0 saturated heterocycles. The number of nitrogens with zero attached hydrogens (tertiary/aromatic N) is 1. The highest BCUT2D eigenvalue weighted by atomic mass is 31.2. The fourth-order valence-electron chi connectivity index (χ4n) is 5.40. The van der Waals surface area contributed by atoms with Crippen molar-refractivity contribution in [1.29, 1.82) is 0 Å². The van der Waals surface area contributed by atoms with Crippen molar-refractivity contribution in [1.82, 2.24) is 0 Å². The Morgan fingerprint density at radius 1 is 0.608 bits per heavy atom. The van der Waals surface area contributed by atoms with Gasteiger partial charge in [0.2, 0.25) is 0 Å². The third-order valence-electron chi connectivity index (χ3n) is 8.64. The second-order valence-electron chi connectivity index (χ2n) is 15.0. The normalized spacial score (nSPS) is 14.2. The summed E-state index contributed by atoms with van der Waals surface area (Å²) >= 11 is 0. The maximum absolute atomic E-state index is 12.6. The number of carbonyl (C=O) groups is 1. The molecule has 51 heavy (non-hydrogen) atoms. The maximum Gasteiger partial charge on any atom is 0.306 e. The van der Waals surface area contributed by atoms with Gasteiger partial charge in [-0.15, -0.1) is 0 Å². The lowest BCUT2D eigenvalue weighted by molar-refractivity contribution is -0.870. The highest BCUT2D eigenvalue weighted by molar-refractivity contribution is 7.45. The number of esters is 1. The summed E-state index contributed by atoms with van der Waals surface area (Å²) in [7, 11) is 1.34. The highest BCUT2D eigenvalue weighted by Gasteiger charge is 2.20. The van der Waals surface area contributed by atoms with Crippen molar-refractivity contribution >= 4 is 13.8 Å². The molecule has 0 aromatic rings. The summed E-state index contributed by atoms with van der Waals surface area (Å²) in [4.78, 5) is 24.9. The maximum atomic E-state index is 12.6. The number of phosphoric ester groups is 1. The van der Waals surface area contributed by atoms with Crippen molar-refractivity contribution in [2.24, 2.45) is 0 Å². The first kappa shape index (κ1) is 49.7. The molecular weight excluding hydrogens is 661 g/mol. The van der Waals surface area contributed by atoms with Crippen LogP contribution in [0.25, 0.3) is 0 Å². The van der Waals surface area contributed by atoms with Crippen LogP contribution in [0.5, 0.6) is 0 Å². The van der Waals surface area contributed by atoms with Gasteiger partial charge in [0.25, 0.3) is 7.82 Å². The molecule has 8 nitrogen and oxygen atoms in total. The number of ether oxygens (including phenoxy) is 2. The summed E-state index contributed by atoms with van der Waals surface area (Å²) in [5, 5.41) is 0. The number of likely N-dealkylation sites (N-methyl/N-ethyl adjacent to an activating group) is 1. The third-order valence-corrected chi connectivity index (χ3v) is 9.61. The monoisotopic (exact) mass is 742 g/mol. The Kier molecular flexibility index (Phi) is 34.8. The first-order valence-corrected chi connectivity index (χ1v) is 22.2. The Labute approximate surface area is 315 Å². The zero-order chi connectivity index (χ0) is 37.7. The van der Waals surface area contributed by atoms with Crippen LogP contribution in [0.15, 0.2) is 36.5 Å². The van der Waals surface area contributed by atoms with Crippen molar-refractivity contribution in [3.05, 3.63) is 36.5 Å². The second-order valence-corrected chi connectivity index (χ2v) is 16.4. The Morgan fingerprint density at radius 3 is 1.69 bits per heavy atom. The van der Waals surface area contributed by atoms with Crippen LogP contribution in [0.2, 0.25) is 0 Å². The molecule has 0 aromatic carbocycles. The standard InChI is InChI=1S/C42H80NO7P/c1-6-8-10-12-14-16-18-19-20-21-22-23-24-25-26-28-30-32-34-37-47-39-41(40-49-51(45,46)48-38-36-43(3,4)5)50-42(44)35-33-31-29-27-17-15-13-11-9-7-2/h11,13,16,18,20-21,41H,6-10,12,14-15,17,19,22-40H2,1-5H3/b13-11-,18-16-,21-20-. The molecule has 0 rings (SSSR count). The lowest BCUT2D eigenvalue weighted by atomic mass is 10.1. The molecule has 0 spiro atoms. The van der Waals surface area contributed by atoms with E-state index in [1.165, 1.54) is 89.9 Å². The topological polar surface area (TPSA) is 94.1 Å². The first-order chi connectivity index (χ1) is 24.6. The molecule has 0 aliphatic heterocycles. The summed E-state index contributed by atoms with van der Waals surface area (Å²) in [6.07, 6.45) is 40.1. The Morgan fingerprint density at radius 2 is 1.12 bits per heavy atom. The molecule has 0 aliphatic rings. The second kappa shape index (κ2) is 35.7. The molecule has 300 valence electrons. The molecule has 0 amide bonds. The number of quaternary nitrogens is 1. The molecule has 0 fully saturated rings. The van der Waals surface area contributed by atoms with E-state index in [0.29, 0.717) is 24.1 Å². The van der Waals surface area contributed by atoms with Gasteiger partial charge in [-0.2, -0.15) is 0 Å². The van der Waals surface area contributed by atoms with Gasteiger partial charge in [-0.3, -0.25) is 9.36 Å². The number of hydrogen-bond donors (Lipinski definition) is 0.